The largest absolute Gasteiger partial charge is 0.370 e. The molecule has 0 aliphatic carbocycles. The van der Waals surface area contributed by atoms with Gasteiger partial charge in [-0.3, -0.25) is 0 Å². The first-order chi connectivity index (χ1) is 9.60. The number of benzene rings is 1. The third kappa shape index (κ3) is 3.38. The number of nitrogens with one attached hydrogen (secondary N) is 1. The highest BCUT2D eigenvalue weighted by Crippen LogP contribution is 2.13. The van der Waals surface area contributed by atoms with E-state index >= 15 is 0 Å². The molecule has 2 rings (SSSR count). The molecule has 0 aliphatic rings. The number of rotatable bonds is 4. The van der Waals surface area contributed by atoms with Gasteiger partial charge in [0.25, 0.3) is 0 Å². The highest BCUT2D eigenvalue weighted by atomic mass is 15.1. The Morgan fingerprint density at radius 1 is 1.35 bits per heavy atom. The summed E-state index contributed by atoms with van der Waals surface area (Å²) in [5.74, 6) is 1.32. The van der Waals surface area contributed by atoms with Crippen molar-refractivity contribution in [2.45, 2.75) is 33.9 Å². The molecule has 0 unspecified atom stereocenters. The van der Waals surface area contributed by atoms with Gasteiger partial charge in [-0.05, 0) is 44.0 Å². The monoisotopic (exact) mass is 271 g/mol. The highest BCUT2D eigenvalue weighted by molar-refractivity contribution is 5.92. The molecule has 0 amide bonds. The van der Waals surface area contributed by atoms with Gasteiger partial charge in [-0.25, -0.2) is 9.98 Å². The fourth-order valence-corrected chi connectivity index (χ4v) is 1.94. The van der Waals surface area contributed by atoms with Gasteiger partial charge in [0.2, 0.25) is 0 Å². The topological polar surface area (TPSA) is 68.2 Å². The predicted molar refractivity (Wildman–Crippen MR) is 82.8 cm³/mol. The smallest absolute Gasteiger partial charge is 0.193 e. The summed E-state index contributed by atoms with van der Waals surface area (Å²) in [5.41, 5.74) is 9.34. The second-order valence-electron chi connectivity index (χ2n) is 4.75. The zero-order chi connectivity index (χ0) is 14.5. The van der Waals surface area contributed by atoms with Crippen LogP contribution >= 0.6 is 0 Å². The fourth-order valence-electron chi connectivity index (χ4n) is 1.94. The van der Waals surface area contributed by atoms with E-state index in [2.05, 4.69) is 48.2 Å². The van der Waals surface area contributed by atoms with Gasteiger partial charge in [0, 0.05) is 24.6 Å². The summed E-state index contributed by atoms with van der Waals surface area (Å²) >= 11 is 0. The van der Waals surface area contributed by atoms with E-state index in [1.165, 1.54) is 11.1 Å². The fraction of sp³-hybridized carbons (Fsp3) is 0.333. The lowest BCUT2D eigenvalue weighted by Gasteiger charge is -2.08. The van der Waals surface area contributed by atoms with Crippen LogP contribution in [-0.2, 0) is 13.1 Å². The Kier molecular flexibility index (Phi) is 4.40. The van der Waals surface area contributed by atoms with Crippen molar-refractivity contribution in [1.82, 2.24) is 9.55 Å². The molecule has 5 nitrogen and oxygen atoms in total. The van der Waals surface area contributed by atoms with Crippen LogP contribution in [-0.4, -0.2) is 15.5 Å². The third-order valence-electron chi connectivity index (χ3n) is 3.31. The van der Waals surface area contributed by atoms with Crippen molar-refractivity contribution < 1.29 is 0 Å². The van der Waals surface area contributed by atoms with Crippen LogP contribution in [0.2, 0.25) is 0 Å². The van der Waals surface area contributed by atoms with E-state index in [1.807, 2.05) is 16.8 Å². The molecule has 0 aliphatic heterocycles. The standard InChI is InChI=1S/C15H21N5/c1-4-20-8-7-17-14(20)10-18-15(16)19-13-6-5-11(2)12(3)9-13/h5-9H,4,10H2,1-3H3,(H3,16,18,19). The molecule has 1 heterocycles. The van der Waals surface area contributed by atoms with Crippen molar-refractivity contribution in [3.8, 4) is 0 Å². The Morgan fingerprint density at radius 2 is 2.15 bits per heavy atom. The molecule has 3 N–H and O–H groups in total. The van der Waals surface area contributed by atoms with E-state index in [0.717, 1.165) is 18.1 Å². The number of aliphatic imine (C=N–C) groups is 1. The minimum absolute atomic E-state index is 0.402. The van der Waals surface area contributed by atoms with Crippen LogP contribution in [0, 0.1) is 13.8 Å². The van der Waals surface area contributed by atoms with Crippen molar-refractivity contribution in [1.29, 1.82) is 0 Å². The molecule has 0 atom stereocenters. The number of nitrogens with two attached hydrogens (primary N) is 1. The number of imidazole rings is 1. The molecule has 20 heavy (non-hydrogen) atoms. The summed E-state index contributed by atoms with van der Waals surface area (Å²) in [5, 5.41) is 3.10. The Balaban J connectivity index is 2.02. The zero-order valence-corrected chi connectivity index (χ0v) is 12.2. The van der Waals surface area contributed by atoms with E-state index in [1.54, 1.807) is 6.20 Å². The van der Waals surface area contributed by atoms with Gasteiger partial charge in [-0.2, -0.15) is 0 Å². The number of anilines is 1. The maximum Gasteiger partial charge on any atom is 0.193 e. The van der Waals surface area contributed by atoms with Crippen LogP contribution in [0.25, 0.3) is 0 Å². The Hall–Kier alpha value is -2.30. The molecule has 0 bridgehead atoms. The number of guanidine groups is 1. The van der Waals surface area contributed by atoms with Gasteiger partial charge >= 0.3 is 0 Å². The maximum atomic E-state index is 5.90. The maximum absolute atomic E-state index is 5.90. The van der Waals surface area contributed by atoms with Gasteiger partial charge in [-0.15, -0.1) is 0 Å². The molecular weight excluding hydrogens is 250 g/mol. The molecular formula is C15H21N5. The summed E-state index contributed by atoms with van der Waals surface area (Å²) in [6.45, 7) is 7.60. The minimum Gasteiger partial charge on any atom is -0.370 e. The molecule has 1 aromatic carbocycles. The average Bonchev–Trinajstić information content (AvgIpc) is 2.88. The van der Waals surface area contributed by atoms with E-state index in [4.69, 9.17) is 5.73 Å². The van der Waals surface area contributed by atoms with Crippen LogP contribution in [0.3, 0.4) is 0 Å². The number of aryl methyl sites for hydroxylation is 3. The molecule has 2 aromatic rings. The normalized spacial score (nSPS) is 11.7. The number of nitrogens with zero attached hydrogens (tertiary/aromatic N) is 3. The first-order valence-electron chi connectivity index (χ1n) is 6.74. The molecule has 5 heteroatoms. The summed E-state index contributed by atoms with van der Waals surface area (Å²) in [6, 6.07) is 6.12. The van der Waals surface area contributed by atoms with Gasteiger partial charge in [0.1, 0.15) is 12.4 Å². The van der Waals surface area contributed by atoms with E-state index in [-0.39, 0.29) is 0 Å². The first kappa shape index (κ1) is 14.1. The lowest BCUT2D eigenvalue weighted by molar-refractivity contribution is 0.699. The first-order valence-corrected chi connectivity index (χ1v) is 6.74. The Labute approximate surface area is 119 Å². The summed E-state index contributed by atoms with van der Waals surface area (Å²) in [4.78, 5) is 8.59. The summed E-state index contributed by atoms with van der Waals surface area (Å²) in [6.07, 6.45) is 3.72. The van der Waals surface area contributed by atoms with Crippen LogP contribution in [0.5, 0.6) is 0 Å². The van der Waals surface area contributed by atoms with Crippen molar-refractivity contribution in [2.75, 3.05) is 5.32 Å². The quantitative estimate of drug-likeness (QED) is 0.663. The second kappa shape index (κ2) is 6.23. The zero-order valence-electron chi connectivity index (χ0n) is 12.2. The predicted octanol–water partition coefficient (Wildman–Crippen LogP) is 2.45. The van der Waals surface area contributed by atoms with Crippen molar-refractivity contribution in [2.24, 2.45) is 10.7 Å². The van der Waals surface area contributed by atoms with Crippen molar-refractivity contribution in [3.05, 3.63) is 47.5 Å². The summed E-state index contributed by atoms with van der Waals surface area (Å²) in [7, 11) is 0. The van der Waals surface area contributed by atoms with E-state index < -0.39 is 0 Å². The van der Waals surface area contributed by atoms with Gasteiger partial charge < -0.3 is 15.6 Å². The van der Waals surface area contributed by atoms with Gasteiger partial charge in [0.15, 0.2) is 5.96 Å². The van der Waals surface area contributed by atoms with Crippen molar-refractivity contribution >= 4 is 11.6 Å². The molecule has 0 spiro atoms. The number of hydrogen-bond donors (Lipinski definition) is 2. The SMILES string of the molecule is CCn1ccnc1CN=C(N)Nc1ccc(C)c(C)c1. The van der Waals surface area contributed by atoms with E-state index in [0.29, 0.717) is 12.5 Å². The van der Waals surface area contributed by atoms with E-state index in [9.17, 15) is 0 Å². The minimum atomic E-state index is 0.402. The second-order valence-corrected chi connectivity index (χ2v) is 4.75. The van der Waals surface area contributed by atoms with Gasteiger partial charge in [0.05, 0.1) is 0 Å². The van der Waals surface area contributed by atoms with Gasteiger partial charge in [-0.1, -0.05) is 6.07 Å². The number of aromatic nitrogens is 2. The average molecular weight is 271 g/mol. The lowest BCUT2D eigenvalue weighted by atomic mass is 10.1. The summed E-state index contributed by atoms with van der Waals surface area (Å²) < 4.78 is 2.05. The molecule has 0 fully saturated rings. The molecule has 106 valence electrons. The van der Waals surface area contributed by atoms with Crippen LogP contribution in [0.4, 0.5) is 5.69 Å². The van der Waals surface area contributed by atoms with Crippen LogP contribution < -0.4 is 11.1 Å². The molecule has 0 saturated carbocycles. The lowest BCUT2D eigenvalue weighted by Crippen LogP contribution is -2.23. The van der Waals surface area contributed by atoms with Crippen molar-refractivity contribution in [3.63, 3.8) is 0 Å². The molecule has 1 aromatic heterocycles. The number of hydrogen-bond acceptors (Lipinski definition) is 2. The van der Waals surface area contributed by atoms with Crippen LogP contribution in [0.15, 0.2) is 35.6 Å². The third-order valence-corrected chi connectivity index (χ3v) is 3.31. The Bertz CT molecular complexity index is 612. The van der Waals surface area contributed by atoms with Crippen LogP contribution in [0.1, 0.15) is 23.9 Å². The highest BCUT2D eigenvalue weighted by Gasteiger charge is 2.01. The Morgan fingerprint density at radius 3 is 2.85 bits per heavy atom. The molecule has 0 saturated heterocycles. The molecule has 0 radical (unpaired) electrons.